The Labute approximate surface area is 230 Å². The van der Waals surface area contributed by atoms with Crippen LogP contribution in [0.2, 0.25) is 0 Å². The van der Waals surface area contributed by atoms with Crippen molar-refractivity contribution in [1.29, 1.82) is 0 Å². The van der Waals surface area contributed by atoms with Crippen LogP contribution >= 0.6 is 0 Å². The molecule has 3 fully saturated rings. The molecule has 208 valence electrons. The molecule has 0 spiro atoms. The van der Waals surface area contributed by atoms with Gasteiger partial charge in [-0.1, -0.05) is 94.9 Å². The molecule has 0 aromatic heterocycles. The molecule has 2 aromatic rings. The van der Waals surface area contributed by atoms with E-state index in [0.29, 0.717) is 13.2 Å². The molecular weight excluding hydrogens is 472 g/mol. The van der Waals surface area contributed by atoms with E-state index in [-0.39, 0.29) is 17.6 Å². The first-order valence-corrected chi connectivity index (χ1v) is 15.4. The molecule has 0 radical (unpaired) electrons. The highest BCUT2D eigenvalue weighted by Gasteiger charge is 2.35. The summed E-state index contributed by atoms with van der Waals surface area (Å²) in [7, 11) is 0. The normalized spacial score (nSPS) is 24.3. The molecule has 2 unspecified atom stereocenters. The summed E-state index contributed by atoms with van der Waals surface area (Å²) < 4.78 is 22.9. The summed E-state index contributed by atoms with van der Waals surface area (Å²) in [5.74, 6) is 1.98. The third-order valence-electron chi connectivity index (χ3n) is 8.82. The second-order valence-electron chi connectivity index (χ2n) is 12.0. The van der Waals surface area contributed by atoms with Gasteiger partial charge in [0.25, 0.3) is 0 Å². The minimum absolute atomic E-state index is 0.00983. The second kappa shape index (κ2) is 13.3. The zero-order chi connectivity index (χ0) is 26.2. The van der Waals surface area contributed by atoms with Crippen molar-refractivity contribution in [3.63, 3.8) is 0 Å². The van der Waals surface area contributed by atoms with Crippen LogP contribution in [0.1, 0.15) is 106 Å². The van der Waals surface area contributed by atoms with E-state index in [1.807, 2.05) is 0 Å². The number of aryl methyl sites for hydroxylation is 2. The topological polar surface area (TPSA) is 43.5 Å². The average molecular weight is 521 g/mol. The van der Waals surface area contributed by atoms with Gasteiger partial charge in [-0.3, -0.25) is 0 Å². The van der Waals surface area contributed by atoms with Crippen molar-refractivity contribution in [3.8, 4) is 11.5 Å². The zero-order valence-corrected chi connectivity index (χ0v) is 23.8. The van der Waals surface area contributed by atoms with Crippen LogP contribution in [-0.4, -0.2) is 38.6 Å². The van der Waals surface area contributed by atoms with E-state index in [1.165, 1.54) is 106 Å². The Bertz CT molecular complexity index is 942. The molecule has 2 saturated heterocycles. The summed E-state index contributed by atoms with van der Waals surface area (Å²) in [6.45, 7) is 7.35. The molecule has 2 heterocycles. The second-order valence-corrected chi connectivity index (χ2v) is 12.0. The van der Waals surface area contributed by atoms with Gasteiger partial charge < -0.3 is 18.9 Å². The summed E-state index contributed by atoms with van der Waals surface area (Å²) in [6, 6.07) is 13.9. The lowest BCUT2D eigenvalue weighted by Crippen LogP contribution is -2.28. The standard InChI is InChI=1S/C34H48O4/c1-26-20-28(14-16-32(26)37-24-30-22-35-30)34(18-12-10-8-6-4-3-5-7-9-11-13-19-34)29-15-17-33(27(2)21-29)38-25-31-23-36-31/h14-17,20-21,30-31H,3-13,18-19,22-25H2,1-2H3. The Hall–Kier alpha value is -2.04. The van der Waals surface area contributed by atoms with Crippen LogP contribution in [0.4, 0.5) is 0 Å². The van der Waals surface area contributed by atoms with Gasteiger partial charge >= 0.3 is 0 Å². The Kier molecular flexibility index (Phi) is 9.67. The van der Waals surface area contributed by atoms with Gasteiger partial charge in [-0.05, 0) is 61.1 Å². The van der Waals surface area contributed by atoms with E-state index in [1.54, 1.807) is 0 Å². The summed E-state index contributed by atoms with van der Waals surface area (Å²) in [6.07, 6.45) is 17.9. The van der Waals surface area contributed by atoms with Crippen LogP contribution in [0.3, 0.4) is 0 Å². The van der Waals surface area contributed by atoms with Crippen molar-refractivity contribution in [2.75, 3.05) is 26.4 Å². The van der Waals surface area contributed by atoms with E-state index < -0.39 is 0 Å². The molecule has 1 saturated carbocycles. The van der Waals surface area contributed by atoms with Gasteiger partial charge in [-0.15, -0.1) is 0 Å². The van der Waals surface area contributed by atoms with Crippen molar-refractivity contribution in [3.05, 3.63) is 58.7 Å². The first-order valence-electron chi connectivity index (χ1n) is 15.4. The number of hydrogen-bond acceptors (Lipinski definition) is 4. The zero-order valence-electron chi connectivity index (χ0n) is 23.8. The van der Waals surface area contributed by atoms with Crippen molar-refractivity contribution in [2.24, 2.45) is 0 Å². The first-order chi connectivity index (χ1) is 18.6. The Balaban J connectivity index is 1.44. The molecule has 0 N–H and O–H groups in total. The lowest BCUT2D eigenvalue weighted by Gasteiger charge is -2.37. The van der Waals surface area contributed by atoms with Crippen LogP contribution in [0.25, 0.3) is 0 Å². The van der Waals surface area contributed by atoms with E-state index >= 15 is 0 Å². The molecule has 1 aliphatic carbocycles. The summed E-state index contributed by atoms with van der Waals surface area (Å²) in [4.78, 5) is 0. The van der Waals surface area contributed by atoms with Crippen molar-refractivity contribution in [1.82, 2.24) is 0 Å². The van der Waals surface area contributed by atoms with Gasteiger partial charge in [0, 0.05) is 5.41 Å². The number of rotatable bonds is 8. The van der Waals surface area contributed by atoms with Crippen molar-refractivity contribution < 1.29 is 18.9 Å². The minimum atomic E-state index is 0.00983. The molecule has 2 aliphatic heterocycles. The predicted molar refractivity (Wildman–Crippen MR) is 154 cm³/mol. The third kappa shape index (κ3) is 7.54. The van der Waals surface area contributed by atoms with Gasteiger partial charge in [-0.25, -0.2) is 0 Å². The average Bonchev–Trinajstić information content (AvgIpc) is 3.84. The van der Waals surface area contributed by atoms with Crippen LogP contribution in [0, 0.1) is 13.8 Å². The van der Waals surface area contributed by atoms with Crippen LogP contribution in [-0.2, 0) is 14.9 Å². The number of benzene rings is 2. The highest BCUT2D eigenvalue weighted by molar-refractivity contribution is 5.48. The molecule has 4 nitrogen and oxygen atoms in total. The Morgan fingerprint density at radius 1 is 0.605 bits per heavy atom. The lowest BCUT2D eigenvalue weighted by molar-refractivity contribution is 0.261. The van der Waals surface area contributed by atoms with E-state index in [0.717, 1.165) is 24.7 Å². The van der Waals surface area contributed by atoms with Crippen LogP contribution < -0.4 is 9.47 Å². The highest BCUT2D eigenvalue weighted by Crippen LogP contribution is 2.44. The van der Waals surface area contributed by atoms with E-state index in [2.05, 4.69) is 50.2 Å². The summed E-state index contributed by atoms with van der Waals surface area (Å²) in [5, 5.41) is 0. The SMILES string of the molecule is Cc1cc(C2(c3ccc(OCC4CO4)c(C)c3)CCCCCCCCCCCCC2)ccc1OCC1CO1. The predicted octanol–water partition coefficient (Wildman–Crippen LogP) is 8.23. The molecular formula is C34H48O4. The Morgan fingerprint density at radius 3 is 1.32 bits per heavy atom. The molecule has 2 aromatic carbocycles. The maximum atomic E-state index is 6.11. The van der Waals surface area contributed by atoms with Gasteiger partial charge in [0.15, 0.2) is 0 Å². The summed E-state index contributed by atoms with van der Waals surface area (Å²) >= 11 is 0. The highest BCUT2D eigenvalue weighted by atomic mass is 16.6. The third-order valence-corrected chi connectivity index (χ3v) is 8.82. The summed E-state index contributed by atoms with van der Waals surface area (Å²) in [5.41, 5.74) is 5.34. The van der Waals surface area contributed by atoms with Crippen molar-refractivity contribution in [2.45, 2.75) is 115 Å². The van der Waals surface area contributed by atoms with Crippen LogP contribution in [0.15, 0.2) is 36.4 Å². The molecule has 2 atom stereocenters. The quantitative estimate of drug-likeness (QED) is 0.329. The largest absolute Gasteiger partial charge is 0.491 e. The van der Waals surface area contributed by atoms with E-state index in [4.69, 9.17) is 18.9 Å². The maximum Gasteiger partial charge on any atom is 0.122 e. The molecule has 38 heavy (non-hydrogen) atoms. The van der Waals surface area contributed by atoms with Gasteiger partial charge in [-0.2, -0.15) is 0 Å². The minimum Gasteiger partial charge on any atom is -0.491 e. The fourth-order valence-electron chi connectivity index (χ4n) is 6.23. The Morgan fingerprint density at radius 2 is 0.974 bits per heavy atom. The van der Waals surface area contributed by atoms with Crippen LogP contribution in [0.5, 0.6) is 11.5 Å². The molecule has 4 heteroatoms. The van der Waals surface area contributed by atoms with Gasteiger partial charge in [0.2, 0.25) is 0 Å². The number of ether oxygens (including phenoxy) is 4. The van der Waals surface area contributed by atoms with Gasteiger partial charge in [0.05, 0.1) is 13.2 Å². The fourth-order valence-corrected chi connectivity index (χ4v) is 6.23. The van der Waals surface area contributed by atoms with Crippen molar-refractivity contribution >= 4 is 0 Å². The number of hydrogen-bond donors (Lipinski definition) is 0. The molecule has 5 rings (SSSR count). The lowest BCUT2D eigenvalue weighted by atomic mass is 9.67. The molecule has 0 bridgehead atoms. The maximum absolute atomic E-state index is 6.11. The van der Waals surface area contributed by atoms with Gasteiger partial charge in [0.1, 0.15) is 36.9 Å². The fraction of sp³-hybridized carbons (Fsp3) is 0.647. The first kappa shape index (κ1) is 27.5. The molecule has 0 amide bonds. The smallest absolute Gasteiger partial charge is 0.122 e. The molecule has 3 aliphatic rings. The monoisotopic (exact) mass is 520 g/mol. The number of epoxide rings is 2. The van der Waals surface area contributed by atoms with E-state index in [9.17, 15) is 0 Å².